The topological polar surface area (TPSA) is 71.5 Å². The summed E-state index contributed by atoms with van der Waals surface area (Å²) >= 11 is 0. The summed E-state index contributed by atoms with van der Waals surface area (Å²) < 4.78 is 4.81. The molecule has 76 valence electrons. The normalized spacial score (nSPS) is 9.79. The van der Waals surface area contributed by atoms with E-state index in [2.05, 4.69) is 10.3 Å². The molecule has 0 saturated heterocycles. The second-order valence-electron chi connectivity index (χ2n) is 2.51. The fourth-order valence-electron chi connectivity index (χ4n) is 0.825. The Labute approximate surface area is 81.7 Å². The van der Waals surface area contributed by atoms with E-state index in [4.69, 9.17) is 9.84 Å². The Morgan fingerprint density at radius 3 is 3.07 bits per heavy atom. The molecule has 2 N–H and O–H groups in total. The van der Waals surface area contributed by atoms with Gasteiger partial charge in [-0.25, -0.2) is 9.78 Å². The van der Waals surface area contributed by atoms with E-state index >= 15 is 0 Å². The van der Waals surface area contributed by atoms with Crippen LogP contribution in [0.3, 0.4) is 0 Å². The zero-order valence-corrected chi connectivity index (χ0v) is 7.64. The first-order valence-electron chi connectivity index (χ1n) is 4.24. The van der Waals surface area contributed by atoms with Crippen LogP contribution in [0.15, 0.2) is 24.4 Å². The van der Waals surface area contributed by atoms with Gasteiger partial charge in [0.05, 0.1) is 6.61 Å². The smallest absolute Gasteiger partial charge is 0.358 e. The Morgan fingerprint density at radius 2 is 2.43 bits per heavy atom. The number of esters is 1. The van der Waals surface area contributed by atoms with Crippen LogP contribution >= 0.6 is 0 Å². The van der Waals surface area contributed by atoms with Crippen molar-refractivity contribution < 1.29 is 14.6 Å². The number of pyridine rings is 1. The zero-order chi connectivity index (χ0) is 10.2. The molecule has 1 rings (SSSR count). The van der Waals surface area contributed by atoms with Gasteiger partial charge in [-0.3, -0.25) is 5.32 Å². The molecule has 0 radical (unpaired) electrons. The average Bonchev–Trinajstić information content (AvgIpc) is 2.25. The summed E-state index contributed by atoms with van der Waals surface area (Å²) in [6.07, 6.45) is 1.53. The molecule has 0 aliphatic heterocycles. The molecule has 0 aromatic carbocycles. The number of carbonyl (C=O) groups is 1. The Kier molecular flexibility index (Phi) is 4.60. The number of hydrogen-bond acceptors (Lipinski definition) is 5. The van der Waals surface area contributed by atoms with Crippen LogP contribution in [-0.4, -0.2) is 35.9 Å². The van der Waals surface area contributed by atoms with E-state index in [-0.39, 0.29) is 19.0 Å². The fourth-order valence-corrected chi connectivity index (χ4v) is 0.825. The molecule has 0 atom stereocenters. The van der Waals surface area contributed by atoms with Gasteiger partial charge in [0.15, 0.2) is 0 Å². The maximum atomic E-state index is 11.2. The average molecular weight is 196 g/mol. The number of nitrogens with zero attached hydrogens (tertiary/aromatic N) is 1. The molecular weight excluding hydrogens is 184 g/mol. The largest absolute Gasteiger partial charge is 0.445 e. The van der Waals surface area contributed by atoms with Gasteiger partial charge < -0.3 is 9.84 Å². The van der Waals surface area contributed by atoms with E-state index in [1.54, 1.807) is 18.2 Å². The molecule has 1 aromatic rings. The molecule has 0 aliphatic rings. The van der Waals surface area contributed by atoms with Gasteiger partial charge in [-0.05, 0) is 12.1 Å². The van der Waals surface area contributed by atoms with Crippen molar-refractivity contribution >= 4 is 5.97 Å². The highest BCUT2D eigenvalue weighted by Crippen LogP contribution is 1.95. The van der Waals surface area contributed by atoms with Crippen molar-refractivity contribution in [1.29, 1.82) is 0 Å². The minimum absolute atomic E-state index is 0.0150. The van der Waals surface area contributed by atoms with Gasteiger partial charge in [0.25, 0.3) is 0 Å². The minimum atomic E-state index is -0.476. The van der Waals surface area contributed by atoms with Gasteiger partial charge in [0.1, 0.15) is 12.4 Å². The summed E-state index contributed by atoms with van der Waals surface area (Å²) in [6, 6.07) is 5.01. The first kappa shape index (κ1) is 10.6. The lowest BCUT2D eigenvalue weighted by atomic mass is 10.4. The first-order chi connectivity index (χ1) is 6.84. The predicted octanol–water partition coefficient (Wildman–Crippen LogP) is -0.222. The second-order valence-corrected chi connectivity index (χ2v) is 2.51. The van der Waals surface area contributed by atoms with Crippen LogP contribution in [0.1, 0.15) is 10.5 Å². The molecule has 0 unspecified atom stereocenters. The van der Waals surface area contributed by atoms with Gasteiger partial charge in [-0.1, -0.05) is 6.07 Å². The Bertz CT molecular complexity index is 277. The number of aliphatic hydroxyl groups is 1. The fraction of sp³-hybridized carbons (Fsp3) is 0.333. The molecule has 5 nitrogen and oxygen atoms in total. The van der Waals surface area contributed by atoms with Crippen LogP contribution in [0.2, 0.25) is 0 Å². The third-order valence-corrected chi connectivity index (χ3v) is 1.47. The number of aromatic nitrogens is 1. The van der Waals surface area contributed by atoms with E-state index in [1.165, 1.54) is 6.20 Å². The van der Waals surface area contributed by atoms with Crippen LogP contribution in [0, 0.1) is 0 Å². The molecular formula is C9H12N2O3. The van der Waals surface area contributed by atoms with Gasteiger partial charge in [-0.2, -0.15) is 0 Å². The van der Waals surface area contributed by atoms with Crippen molar-refractivity contribution in [2.45, 2.75) is 0 Å². The summed E-state index contributed by atoms with van der Waals surface area (Å²) in [6.45, 7) is 0.493. The zero-order valence-electron chi connectivity index (χ0n) is 7.64. The predicted molar refractivity (Wildman–Crippen MR) is 49.6 cm³/mol. The van der Waals surface area contributed by atoms with E-state index in [1.807, 2.05) is 0 Å². The van der Waals surface area contributed by atoms with Crippen LogP contribution in [0.5, 0.6) is 0 Å². The van der Waals surface area contributed by atoms with Crippen LogP contribution in [-0.2, 0) is 4.74 Å². The highest BCUT2D eigenvalue weighted by atomic mass is 16.5. The van der Waals surface area contributed by atoms with E-state index in [9.17, 15) is 4.79 Å². The van der Waals surface area contributed by atoms with Crippen molar-refractivity contribution in [3.05, 3.63) is 30.1 Å². The Hall–Kier alpha value is -1.46. The maximum absolute atomic E-state index is 11.2. The molecule has 14 heavy (non-hydrogen) atoms. The van der Waals surface area contributed by atoms with Crippen molar-refractivity contribution in [1.82, 2.24) is 10.3 Å². The maximum Gasteiger partial charge on any atom is 0.358 e. The molecule has 1 heterocycles. The Morgan fingerprint density at radius 1 is 1.57 bits per heavy atom. The van der Waals surface area contributed by atoms with Crippen molar-refractivity contribution in [2.24, 2.45) is 0 Å². The monoisotopic (exact) mass is 196 g/mol. The van der Waals surface area contributed by atoms with E-state index in [0.29, 0.717) is 6.54 Å². The van der Waals surface area contributed by atoms with Gasteiger partial charge in [0.2, 0.25) is 0 Å². The summed E-state index contributed by atoms with van der Waals surface area (Å²) in [5.41, 5.74) is 0.276. The third-order valence-electron chi connectivity index (χ3n) is 1.47. The Balaban J connectivity index is 2.29. The van der Waals surface area contributed by atoms with Crippen molar-refractivity contribution in [3.63, 3.8) is 0 Å². The SMILES string of the molecule is O=C(OCNCCO)c1ccccn1. The number of nitrogens with one attached hydrogen (secondary N) is 1. The molecule has 0 bridgehead atoms. The minimum Gasteiger partial charge on any atom is -0.445 e. The molecule has 0 amide bonds. The second kappa shape index (κ2) is 6.06. The molecule has 5 heteroatoms. The number of ether oxygens (including phenoxy) is 1. The summed E-state index contributed by atoms with van der Waals surface area (Å²) in [5.74, 6) is -0.476. The third kappa shape index (κ3) is 3.51. The summed E-state index contributed by atoms with van der Waals surface area (Å²) in [5, 5.41) is 11.1. The van der Waals surface area contributed by atoms with Gasteiger partial charge >= 0.3 is 5.97 Å². The molecule has 0 aliphatic carbocycles. The van der Waals surface area contributed by atoms with Crippen LogP contribution in [0.4, 0.5) is 0 Å². The number of rotatable bonds is 5. The number of hydrogen-bond donors (Lipinski definition) is 2. The van der Waals surface area contributed by atoms with Crippen LogP contribution in [0.25, 0.3) is 0 Å². The van der Waals surface area contributed by atoms with Crippen molar-refractivity contribution in [2.75, 3.05) is 19.9 Å². The summed E-state index contributed by atoms with van der Waals surface area (Å²) in [7, 11) is 0. The molecule has 0 spiro atoms. The van der Waals surface area contributed by atoms with Gasteiger partial charge in [0, 0.05) is 12.7 Å². The van der Waals surface area contributed by atoms with Crippen molar-refractivity contribution in [3.8, 4) is 0 Å². The number of aliphatic hydroxyl groups excluding tert-OH is 1. The highest BCUT2D eigenvalue weighted by molar-refractivity contribution is 5.86. The first-order valence-corrected chi connectivity index (χ1v) is 4.24. The van der Waals surface area contributed by atoms with Crippen LogP contribution < -0.4 is 5.32 Å². The lowest BCUT2D eigenvalue weighted by molar-refractivity contribution is 0.0460. The van der Waals surface area contributed by atoms with E-state index < -0.39 is 5.97 Å². The molecule has 0 fully saturated rings. The van der Waals surface area contributed by atoms with E-state index in [0.717, 1.165) is 0 Å². The standard InChI is InChI=1S/C9H12N2O3/c12-6-5-10-7-14-9(13)8-3-1-2-4-11-8/h1-4,10,12H,5-7H2. The highest BCUT2D eigenvalue weighted by Gasteiger charge is 2.06. The lowest BCUT2D eigenvalue weighted by Gasteiger charge is -2.04. The number of carbonyl (C=O) groups excluding carboxylic acids is 1. The lowest BCUT2D eigenvalue weighted by Crippen LogP contribution is -2.24. The van der Waals surface area contributed by atoms with Gasteiger partial charge in [-0.15, -0.1) is 0 Å². The summed E-state index contributed by atoms with van der Waals surface area (Å²) in [4.78, 5) is 15.0. The quantitative estimate of drug-likeness (QED) is 0.387. The molecule has 1 aromatic heterocycles. The molecule has 0 saturated carbocycles.